The molecule has 2 saturated heterocycles. The zero-order valence-corrected chi connectivity index (χ0v) is 27.9. The standard InChI is InChI=1S/C32H50N2O8S/c1-18-11-10-12-32(9)24(41-32)14-22(40-26(36)15-23(35)31(7,8)28(38)20(3)27(18)37)19(2)13-21-17-43-25(34-21)16-33-29(39)42-30(4,5)6/h13,17-18,20,22-24,27,35,37H,10-12,14-16H2,1-9H3,(H,33,39). The monoisotopic (exact) mass is 622 g/mol. The van der Waals surface area contributed by atoms with Gasteiger partial charge in [-0.25, -0.2) is 9.78 Å². The quantitative estimate of drug-likeness (QED) is 0.305. The number of rotatable bonds is 4. The molecule has 0 radical (unpaired) electrons. The molecule has 0 aromatic carbocycles. The van der Waals surface area contributed by atoms with Gasteiger partial charge in [-0.1, -0.05) is 34.1 Å². The Kier molecular flexibility index (Phi) is 11.2. The summed E-state index contributed by atoms with van der Waals surface area (Å²) in [4.78, 5) is 43.0. The average molecular weight is 623 g/mol. The fourth-order valence-electron chi connectivity index (χ4n) is 5.55. The third-order valence-corrected chi connectivity index (χ3v) is 9.51. The van der Waals surface area contributed by atoms with Gasteiger partial charge in [-0.3, -0.25) is 9.59 Å². The summed E-state index contributed by atoms with van der Waals surface area (Å²) in [5.41, 5.74) is -0.781. The van der Waals surface area contributed by atoms with E-state index in [4.69, 9.17) is 14.2 Å². The Balaban J connectivity index is 1.78. The number of aromatic nitrogens is 1. The van der Waals surface area contributed by atoms with Crippen molar-refractivity contribution in [3.8, 4) is 0 Å². The van der Waals surface area contributed by atoms with Crippen LogP contribution in [0, 0.1) is 17.3 Å². The minimum absolute atomic E-state index is 0.106. The molecule has 7 unspecified atom stereocenters. The second kappa shape index (κ2) is 13.7. The summed E-state index contributed by atoms with van der Waals surface area (Å²) >= 11 is 1.39. The van der Waals surface area contributed by atoms with Crippen LogP contribution in [-0.4, -0.2) is 68.7 Å². The molecule has 0 spiro atoms. The molecule has 3 N–H and O–H groups in total. The number of carbonyl (C=O) groups is 3. The molecule has 10 nitrogen and oxygen atoms in total. The first-order valence-electron chi connectivity index (χ1n) is 15.2. The number of aliphatic hydroxyl groups is 2. The minimum atomic E-state index is -1.28. The van der Waals surface area contributed by atoms with Gasteiger partial charge in [-0.2, -0.15) is 0 Å². The summed E-state index contributed by atoms with van der Waals surface area (Å²) in [5, 5.41) is 27.1. The lowest BCUT2D eigenvalue weighted by molar-refractivity contribution is -0.154. The lowest BCUT2D eigenvalue weighted by Gasteiger charge is -2.34. The van der Waals surface area contributed by atoms with Crippen LogP contribution in [0.4, 0.5) is 4.79 Å². The molecule has 43 heavy (non-hydrogen) atoms. The first-order valence-corrected chi connectivity index (χ1v) is 16.1. The Morgan fingerprint density at radius 2 is 1.91 bits per heavy atom. The van der Waals surface area contributed by atoms with Gasteiger partial charge in [0.05, 0.1) is 48.0 Å². The highest BCUT2D eigenvalue weighted by molar-refractivity contribution is 7.09. The largest absolute Gasteiger partial charge is 0.458 e. The molecule has 3 rings (SSSR count). The van der Waals surface area contributed by atoms with E-state index in [1.54, 1.807) is 41.5 Å². The molecule has 1 aromatic heterocycles. The number of fused-ring (bicyclic) bond motifs is 1. The predicted molar refractivity (Wildman–Crippen MR) is 164 cm³/mol. The van der Waals surface area contributed by atoms with Crippen LogP contribution in [0.2, 0.25) is 0 Å². The summed E-state index contributed by atoms with van der Waals surface area (Å²) in [7, 11) is 0. The SMILES string of the molecule is CC(=Cc1csc(CNC(=O)OC(C)(C)C)n1)C1CC2OC2(C)CCCC(C)C(O)C(C)C(=O)C(C)(C)C(O)CC(=O)O1. The Morgan fingerprint density at radius 1 is 1.23 bits per heavy atom. The summed E-state index contributed by atoms with van der Waals surface area (Å²) in [5.74, 6) is -1.71. The number of thiazole rings is 1. The van der Waals surface area contributed by atoms with Crippen molar-refractivity contribution in [1.29, 1.82) is 0 Å². The molecule has 1 amide bonds. The third kappa shape index (κ3) is 9.57. The first kappa shape index (κ1) is 35.1. The van der Waals surface area contributed by atoms with Crippen LogP contribution in [0.3, 0.4) is 0 Å². The van der Waals surface area contributed by atoms with E-state index in [1.807, 2.05) is 32.2 Å². The van der Waals surface area contributed by atoms with Crippen LogP contribution in [-0.2, 0) is 30.3 Å². The molecule has 2 aliphatic heterocycles. The van der Waals surface area contributed by atoms with Gasteiger partial charge in [0, 0.05) is 17.7 Å². The third-order valence-electron chi connectivity index (χ3n) is 8.64. The molecule has 242 valence electrons. The van der Waals surface area contributed by atoms with Crippen LogP contribution < -0.4 is 5.32 Å². The number of alkyl carbamates (subject to hydrolysis) is 1. The number of ketones is 1. The molecule has 2 aliphatic rings. The van der Waals surface area contributed by atoms with Crippen molar-refractivity contribution in [1.82, 2.24) is 10.3 Å². The molecule has 7 atom stereocenters. The molecule has 2 fully saturated rings. The first-order chi connectivity index (χ1) is 19.8. The van der Waals surface area contributed by atoms with Gasteiger partial charge in [-0.05, 0) is 65.0 Å². The highest BCUT2D eigenvalue weighted by Gasteiger charge is 2.53. The summed E-state index contributed by atoms with van der Waals surface area (Å²) in [6.07, 6.45) is 0.870. The second-order valence-electron chi connectivity index (χ2n) is 14.0. The van der Waals surface area contributed by atoms with Crippen molar-refractivity contribution < 1.29 is 38.8 Å². The lowest BCUT2D eigenvalue weighted by Crippen LogP contribution is -2.45. The topological polar surface area (TPSA) is 148 Å². The fraction of sp³-hybridized carbons (Fsp3) is 0.750. The maximum atomic E-state index is 13.3. The van der Waals surface area contributed by atoms with E-state index in [1.165, 1.54) is 11.3 Å². The van der Waals surface area contributed by atoms with Gasteiger partial charge in [0.15, 0.2) is 0 Å². The van der Waals surface area contributed by atoms with E-state index >= 15 is 0 Å². The number of aliphatic hydroxyl groups excluding tert-OH is 2. The van der Waals surface area contributed by atoms with E-state index < -0.39 is 47.3 Å². The zero-order chi connectivity index (χ0) is 32.3. The molecule has 0 aliphatic carbocycles. The van der Waals surface area contributed by atoms with Crippen molar-refractivity contribution in [2.45, 2.75) is 137 Å². The number of nitrogens with one attached hydrogen (secondary N) is 1. The van der Waals surface area contributed by atoms with Crippen LogP contribution in [0.5, 0.6) is 0 Å². The van der Waals surface area contributed by atoms with Gasteiger partial charge in [0.2, 0.25) is 0 Å². The molecule has 3 heterocycles. The minimum Gasteiger partial charge on any atom is -0.458 e. The van der Waals surface area contributed by atoms with Crippen molar-refractivity contribution in [2.24, 2.45) is 17.3 Å². The number of amides is 1. The van der Waals surface area contributed by atoms with E-state index in [0.717, 1.165) is 24.8 Å². The van der Waals surface area contributed by atoms with E-state index in [0.29, 0.717) is 17.1 Å². The Morgan fingerprint density at radius 3 is 2.56 bits per heavy atom. The number of esters is 1. The highest BCUT2D eigenvalue weighted by atomic mass is 32.1. The van der Waals surface area contributed by atoms with Crippen molar-refractivity contribution in [3.05, 3.63) is 21.7 Å². The fourth-order valence-corrected chi connectivity index (χ4v) is 6.25. The molecule has 0 bridgehead atoms. The smallest absolute Gasteiger partial charge is 0.408 e. The molecular formula is C32H50N2O8S. The van der Waals surface area contributed by atoms with Crippen LogP contribution in [0.25, 0.3) is 6.08 Å². The Labute approximate surface area is 259 Å². The van der Waals surface area contributed by atoms with E-state index in [-0.39, 0.29) is 36.4 Å². The van der Waals surface area contributed by atoms with Crippen molar-refractivity contribution in [3.63, 3.8) is 0 Å². The maximum absolute atomic E-state index is 13.3. The highest BCUT2D eigenvalue weighted by Crippen LogP contribution is 2.45. The van der Waals surface area contributed by atoms with Crippen LogP contribution in [0.1, 0.15) is 105 Å². The number of hydrogen-bond acceptors (Lipinski definition) is 10. The molecule has 1 aromatic rings. The van der Waals surface area contributed by atoms with Gasteiger partial charge >= 0.3 is 12.1 Å². The van der Waals surface area contributed by atoms with E-state index in [9.17, 15) is 24.6 Å². The summed E-state index contributed by atoms with van der Waals surface area (Å²) < 4.78 is 17.3. The number of ether oxygens (including phenoxy) is 3. The van der Waals surface area contributed by atoms with Gasteiger partial charge < -0.3 is 29.7 Å². The van der Waals surface area contributed by atoms with Crippen LogP contribution >= 0.6 is 11.3 Å². The normalized spacial score (nSPS) is 32.9. The Bertz CT molecular complexity index is 1190. The lowest BCUT2D eigenvalue weighted by atomic mass is 9.73. The van der Waals surface area contributed by atoms with Crippen LogP contribution in [0.15, 0.2) is 11.0 Å². The summed E-state index contributed by atoms with van der Waals surface area (Å²) in [6, 6.07) is 0. The van der Waals surface area contributed by atoms with Gasteiger partial charge in [0.1, 0.15) is 22.5 Å². The second-order valence-corrected chi connectivity index (χ2v) is 14.9. The van der Waals surface area contributed by atoms with Gasteiger partial charge in [-0.15, -0.1) is 11.3 Å². The van der Waals surface area contributed by atoms with Crippen molar-refractivity contribution in [2.75, 3.05) is 0 Å². The molecule has 0 saturated carbocycles. The zero-order valence-electron chi connectivity index (χ0n) is 27.1. The van der Waals surface area contributed by atoms with Crippen molar-refractivity contribution >= 4 is 35.3 Å². The number of epoxide rings is 1. The molecule has 11 heteroatoms. The number of carbonyl (C=O) groups excluding carboxylic acids is 3. The Hall–Kier alpha value is -2.34. The number of Topliss-reactive ketones (excluding diaryl/α,β-unsaturated/α-hetero) is 1. The van der Waals surface area contributed by atoms with E-state index in [2.05, 4.69) is 10.3 Å². The average Bonchev–Trinajstić information content (AvgIpc) is 3.31. The summed E-state index contributed by atoms with van der Waals surface area (Å²) in [6.45, 7) is 16.4. The number of hydrogen-bond donors (Lipinski definition) is 3. The molecular weight excluding hydrogens is 572 g/mol. The predicted octanol–water partition coefficient (Wildman–Crippen LogP) is 5.19. The number of nitrogens with zero attached hydrogens (tertiary/aromatic N) is 1. The maximum Gasteiger partial charge on any atom is 0.408 e. The number of cyclic esters (lactones) is 1. The van der Waals surface area contributed by atoms with Gasteiger partial charge in [0.25, 0.3) is 0 Å².